The van der Waals surface area contributed by atoms with Crippen LogP contribution in [0, 0.1) is 0 Å². The molecule has 0 amide bonds. The van der Waals surface area contributed by atoms with Gasteiger partial charge in [0.1, 0.15) is 0 Å². The molecule has 2 aromatic rings. The smallest absolute Gasteiger partial charge is 0.0655 e. The Morgan fingerprint density at radius 3 is 1.79 bits per heavy atom. The van der Waals surface area contributed by atoms with E-state index < -0.39 is 0 Å². The Morgan fingerprint density at radius 1 is 0.842 bits per heavy atom. The van der Waals surface area contributed by atoms with Gasteiger partial charge in [-0.1, -0.05) is 11.6 Å². The molecule has 0 aromatic heterocycles. The summed E-state index contributed by atoms with van der Waals surface area (Å²) in [6.45, 7) is 0. The van der Waals surface area contributed by atoms with Crippen molar-refractivity contribution in [1.82, 2.24) is 0 Å². The van der Waals surface area contributed by atoms with Crippen LogP contribution >= 0.6 is 11.6 Å². The predicted octanol–water partition coefficient (Wildman–Crippen LogP) is 2.84. The van der Waals surface area contributed by atoms with Crippen LogP contribution in [-0.2, 0) is 0 Å². The fourth-order valence-corrected chi connectivity index (χ4v) is 1.50. The van der Waals surface area contributed by atoms with Gasteiger partial charge < -0.3 is 22.1 Å². The molecule has 0 heterocycles. The van der Waals surface area contributed by atoms with Gasteiger partial charge in [0, 0.05) is 31.2 Å². The van der Waals surface area contributed by atoms with Crippen LogP contribution in [-0.4, -0.2) is 14.1 Å². The summed E-state index contributed by atoms with van der Waals surface area (Å²) < 4.78 is 0. The van der Waals surface area contributed by atoms with Crippen LogP contribution in [0.25, 0.3) is 0 Å². The molecule has 4 nitrogen and oxygen atoms in total. The number of halogens is 1. The molecular formula is C14H19ClN4. The Bertz CT molecular complexity index is 523. The summed E-state index contributed by atoms with van der Waals surface area (Å²) in [5.74, 6) is 0. The molecule has 0 saturated carbocycles. The first-order valence-corrected chi connectivity index (χ1v) is 6.11. The lowest BCUT2D eigenvalue weighted by atomic mass is 10.3. The molecule has 2 aromatic carbocycles. The van der Waals surface area contributed by atoms with Crippen molar-refractivity contribution < 1.29 is 0 Å². The van der Waals surface area contributed by atoms with Crippen molar-refractivity contribution >= 4 is 34.4 Å². The molecule has 0 bridgehead atoms. The van der Waals surface area contributed by atoms with E-state index in [1.165, 1.54) is 5.69 Å². The van der Waals surface area contributed by atoms with E-state index in [1.54, 1.807) is 18.2 Å². The van der Waals surface area contributed by atoms with Gasteiger partial charge in [-0.2, -0.15) is 0 Å². The fraction of sp³-hybridized carbons (Fsp3) is 0.143. The Morgan fingerprint density at radius 2 is 1.37 bits per heavy atom. The summed E-state index contributed by atoms with van der Waals surface area (Å²) in [5.41, 5.74) is 19.5. The molecule has 0 aliphatic heterocycles. The van der Waals surface area contributed by atoms with Gasteiger partial charge in [-0.3, -0.25) is 0 Å². The normalized spacial score (nSPS) is 9.42. The molecule has 0 unspecified atom stereocenters. The van der Waals surface area contributed by atoms with E-state index in [0.717, 1.165) is 5.69 Å². The monoisotopic (exact) mass is 278 g/mol. The number of nitrogens with two attached hydrogens (primary N) is 3. The average Bonchev–Trinajstić information content (AvgIpc) is 2.35. The highest BCUT2D eigenvalue weighted by Crippen LogP contribution is 2.20. The first kappa shape index (κ1) is 15.0. The van der Waals surface area contributed by atoms with E-state index >= 15 is 0 Å². The Hall–Kier alpha value is -2.07. The second-order valence-corrected chi connectivity index (χ2v) is 4.67. The third kappa shape index (κ3) is 4.97. The van der Waals surface area contributed by atoms with Crippen molar-refractivity contribution in [3.8, 4) is 0 Å². The van der Waals surface area contributed by atoms with Crippen LogP contribution in [0.3, 0.4) is 0 Å². The minimum absolute atomic E-state index is 0.509. The van der Waals surface area contributed by atoms with Crippen molar-refractivity contribution in [2.45, 2.75) is 0 Å². The lowest BCUT2D eigenvalue weighted by Gasteiger charge is -2.11. The number of hydrogen-bond donors (Lipinski definition) is 3. The molecule has 0 saturated heterocycles. The SMILES string of the molecule is CN(C)c1ccc(N)cc1.Nc1ccc(N)c(Cl)c1. The molecule has 0 atom stereocenters. The van der Waals surface area contributed by atoms with Gasteiger partial charge in [0.25, 0.3) is 0 Å². The molecule has 0 spiro atoms. The van der Waals surface area contributed by atoms with Gasteiger partial charge in [-0.15, -0.1) is 0 Å². The van der Waals surface area contributed by atoms with Crippen molar-refractivity contribution in [2.75, 3.05) is 36.2 Å². The van der Waals surface area contributed by atoms with Crippen LogP contribution in [0.4, 0.5) is 22.7 Å². The van der Waals surface area contributed by atoms with Gasteiger partial charge >= 0.3 is 0 Å². The van der Waals surface area contributed by atoms with E-state index in [-0.39, 0.29) is 0 Å². The maximum Gasteiger partial charge on any atom is 0.0655 e. The Labute approximate surface area is 118 Å². The lowest BCUT2D eigenvalue weighted by molar-refractivity contribution is 1.13. The van der Waals surface area contributed by atoms with Gasteiger partial charge in [-0.05, 0) is 42.5 Å². The zero-order valence-electron chi connectivity index (χ0n) is 11.1. The molecule has 0 radical (unpaired) electrons. The molecule has 5 heteroatoms. The van der Waals surface area contributed by atoms with Crippen molar-refractivity contribution in [1.29, 1.82) is 0 Å². The quantitative estimate of drug-likeness (QED) is 0.701. The number of hydrogen-bond acceptors (Lipinski definition) is 4. The highest BCUT2D eigenvalue weighted by molar-refractivity contribution is 6.33. The van der Waals surface area contributed by atoms with E-state index in [1.807, 2.05) is 43.3 Å². The second-order valence-electron chi connectivity index (χ2n) is 4.27. The lowest BCUT2D eigenvalue weighted by Crippen LogP contribution is -2.08. The first-order chi connectivity index (χ1) is 8.90. The summed E-state index contributed by atoms with van der Waals surface area (Å²) in [5, 5.41) is 0.509. The maximum atomic E-state index is 5.61. The average molecular weight is 279 g/mol. The number of anilines is 4. The summed E-state index contributed by atoms with van der Waals surface area (Å²) in [7, 11) is 4.01. The highest BCUT2D eigenvalue weighted by Gasteiger charge is 1.92. The molecule has 0 aliphatic carbocycles. The van der Waals surface area contributed by atoms with E-state index in [0.29, 0.717) is 16.4 Å². The Balaban J connectivity index is 0.000000191. The Kier molecular flexibility index (Phi) is 5.33. The molecule has 6 N–H and O–H groups in total. The van der Waals surface area contributed by atoms with Crippen molar-refractivity contribution in [3.05, 3.63) is 47.5 Å². The van der Waals surface area contributed by atoms with Crippen LogP contribution in [0.1, 0.15) is 0 Å². The second kappa shape index (κ2) is 6.75. The third-order valence-corrected chi connectivity index (χ3v) is 2.76. The first-order valence-electron chi connectivity index (χ1n) is 5.73. The molecular weight excluding hydrogens is 260 g/mol. The van der Waals surface area contributed by atoms with Gasteiger partial charge in [0.15, 0.2) is 0 Å². The van der Waals surface area contributed by atoms with E-state index in [4.69, 9.17) is 28.8 Å². The number of nitrogen functional groups attached to an aromatic ring is 3. The zero-order chi connectivity index (χ0) is 14.4. The summed E-state index contributed by atoms with van der Waals surface area (Å²) in [6.07, 6.45) is 0. The summed E-state index contributed by atoms with van der Waals surface area (Å²) >= 11 is 5.61. The zero-order valence-corrected chi connectivity index (χ0v) is 11.9. The maximum absolute atomic E-state index is 5.61. The predicted molar refractivity (Wildman–Crippen MR) is 85.5 cm³/mol. The van der Waals surface area contributed by atoms with Crippen molar-refractivity contribution in [2.24, 2.45) is 0 Å². The largest absolute Gasteiger partial charge is 0.399 e. The molecule has 19 heavy (non-hydrogen) atoms. The van der Waals surface area contributed by atoms with Crippen LogP contribution in [0.15, 0.2) is 42.5 Å². The minimum atomic E-state index is 0.509. The van der Waals surface area contributed by atoms with Gasteiger partial charge in [0.05, 0.1) is 10.7 Å². The van der Waals surface area contributed by atoms with Gasteiger partial charge in [-0.25, -0.2) is 0 Å². The van der Waals surface area contributed by atoms with Crippen LogP contribution < -0.4 is 22.1 Å². The summed E-state index contributed by atoms with van der Waals surface area (Å²) in [6, 6.07) is 12.8. The number of rotatable bonds is 1. The van der Waals surface area contributed by atoms with Crippen molar-refractivity contribution in [3.63, 3.8) is 0 Å². The molecule has 2 rings (SSSR count). The van der Waals surface area contributed by atoms with Gasteiger partial charge in [0.2, 0.25) is 0 Å². The highest BCUT2D eigenvalue weighted by atomic mass is 35.5. The molecule has 0 aliphatic rings. The number of benzene rings is 2. The minimum Gasteiger partial charge on any atom is -0.399 e. The summed E-state index contributed by atoms with van der Waals surface area (Å²) in [4.78, 5) is 2.04. The fourth-order valence-electron chi connectivity index (χ4n) is 1.32. The van der Waals surface area contributed by atoms with E-state index in [2.05, 4.69) is 0 Å². The van der Waals surface area contributed by atoms with Crippen LogP contribution in [0.5, 0.6) is 0 Å². The number of nitrogens with zero attached hydrogens (tertiary/aromatic N) is 1. The van der Waals surface area contributed by atoms with Crippen LogP contribution in [0.2, 0.25) is 5.02 Å². The topological polar surface area (TPSA) is 81.3 Å². The standard InChI is InChI=1S/C8H12N2.C6H7ClN2/c1-10(2)8-5-3-7(9)4-6-8;7-5-3-4(8)1-2-6(5)9/h3-6H,9H2,1-2H3;1-3H,8-9H2. The molecule has 0 fully saturated rings. The third-order valence-electron chi connectivity index (χ3n) is 2.43. The van der Waals surface area contributed by atoms with E-state index in [9.17, 15) is 0 Å². The molecule has 102 valence electrons.